The van der Waals surface area contributed by atoms with E-state index in [1.807, 2.05) is 12.3 Å². The van der Waals surface area contributed by atoms with Crippen molar-refractivity contribution in [2.24, 2.45) is 23.5 Å². The molecule has 1 aliphatic heterocycles. The number of carbonyl (C=O) groups excluding carboxylic acids is 1. The van der Waals surface area contributed by atoms with Gasteiger partial charge in [0.1, 0.15) is 5.75 Å². The Labute approximate surface area is 136 Å². The molecule has 1 aromatic carbocycles. The number of primary amides is 1. The fraction of sp³-hybridized carbons (Fsp3) is 0.474. The molecule has 23 heavy (non-hydrogen) atoms. The largest absolute Gasteiger partial charge is 0.491 e. The highest BCUT2D eigenvalue weighted by molar-refractivity contribution is 5.84. The molecule has 1 fully saturated rings. The molecular weight excluding hydrogens is 288 g/mol. The van der Waals surface area contributed by atoms with E-state index in [1.54, 1.807) is 0 Å². The molecule has 4 nitrogen and oxygen atoms in total. The Hall–Kier alpha value is -2.10. The van der Waals surface area contributed by atoms with E-state index in [0.717, 1.165) is 50.0 Å². The van der Waals surface area contributed by atoms with Gasteiger partial charge in [-0.25, -0.2) is 0 Å². The monoisotopic (exact) mass is 310 g/mol. The number of nitrogens with two attached hydrogens (primary N) is 1. The maximum atomic E-state index is 11.3. The molecule has 0 spiro atoms. The molecule has 1 amide bonds. The van der Waals surface area contributed by atoms with Crippen molar-refractivity contribution in [2.75, 3.05) is 6.61 Å². The standard InChI is InChI=1S/C19H22N2O2/c20-19(22)13-7-5-12(6-8-13)14-9-16-15-3-1-2-4-17(15)21-10-18(16)23-11-14/h1-4,10,12-14H,5-9,11H2,(H2,20,22). The molecule has 1 aromatic heterocycles. The number of benzene rings is 1. The highest BCUT2D eigenvalue weighted by atomic mass is 16.5. The molecule has 2 aromatic rings. The van der Waals surface area contributed by atoms with Crippen LogP contribution in [-0.4, -0.2) is 17.5 Å². The van der Waals surface area contributed by atoms with Crippen LogP contribution in [0.3, 0.4) is 0 Å². The molecule has 1 saturated carbocycles. The van der Waals surface area contributed by atoms with Crippen molar-refractivity contribution in [3.63, 3.8) is 0 Å². The summed E-state index contributed by atoms with van der Waals surface area (Å²) < 4.78 is 6.02. The number of hydrogen-bond donors (Lipinski definition) is 1. The van der Waals surface area contributed by atoms with Gasteiger partial charge in [0.25, 0.3) is 0 Å². The van der Waals surface area contributed by atoms with Gasteiger partial charge in [0.15, 0.2) is 0 Å². The summed E-state index contributed by atoms with van der Waals surface area (Å²) in [6, 6.07) is 8.27. The summed E-state index contributed by atoms with van der Waals surface area (Å²) in [6.07, 6.45) is 6.93. The van der Waals surface area contributed by atoms with Crippen molar-refractivity contribution >= 4 is 16.8 Å². The first-order chi connectivity index (χ1) is 11.2. The first-order valence-corrected chi connectivity index (χ1v) is 8.51. The molecule has 1 unspecified atom stereocenters. The summed E-state index contributed by atoms with van der Waals surface area (Å²) in [6.45, 7) is 0.763. The molecule has 0 saturated heterocycles. The van der Waals surface area contributed by atoms with Crippen LogP contribution in [0.4, 0.5) is 0 Å². The van der Waals surface area contributed by atoms with Gasteiger partial charge in [-0.15, -0.1) is 0 Å². The lowest BCUT2D eigenvalue weighted by Gasteiger charge is -2.35. The second kappa shape index (κ2) is 5.84. The summed E-state index contributed by atoms with van der Waals surface area (Å²) in [5.74, 6) is 2.04. The number of aromatic nitrogens is 1. The maximum absolute atomic E-state index is 11.3. The molecular formula is C19H22N2O2. The molecule has 4 heteroatoms. The van der Waals surface area contributed by atoms with Gasteiger partial charge in [0.05, 0.1) is 18.3 Å². The molecule has 0 radical (unpaired) electrons. The number of nitrogens with zero attached hydrogens (tertiary/aromatic N) is 1. The van der Waals surface area contributed by atoms with E-state index in [9.17, 15) is 4.79 Å². The Morgan fingerprint density at radius 1 is 1.13 bits per heavy atom. The zero-order chi connectivity index (χ0) is 15.8. The van der Waals surface area contributed by atoms with E-state index >= 15 is 0 Å². The highest BCUT2D eigenvalue weighted by Gasteiger charge is 2.33. The predicted octanol–water partition coefficient (Wildman–Crippen LogP) is 3.08. The van der Waals surface area contributed by atoms with Crippen LogP contribution in [0.1, 0.15) is 31.2 Å². The minimum absolute atomic E-state index is 0.0769. The lowest BCUT2D eigenvalue weighted by Crippen LogP contribution is -2.34. The predicted molar refractivity (Wildman–Crippen MR) is 89.1 cm³/mol. The average Bonchev–Trinajstić information content (AvgIpc) is 2.61. The Morgan fingerprint density at radius 2 is 1.91 bits per heavy atom. The maximum Gasteiger partial charge on any atom is 0.220 e. The van der Waals surface area contributed by atoms with Crippen molar-refractivity contribution < 1.29 is 9.53 Å². The number of pyridine rings is 1. The first kappa shape index (κ1) is 14.5. The quantitative estimate of drug-likeness (QED) is 0.927. The van der Waals surface area contributed by atoms with Crippen LogP contribution in [0.2, 0.25) is 0 Å². The van der Waals surface area contributed by atoms with Gasteiger partial charge in [-0.05, 0) is 50.0 Å². The van der Waals surface area contributed by atoms with Gasteiger partial charge >= 0.3 is 0 Å². The smallest absolute Gasteiger partial charge is 0.220 e. The number of carbonyl (C=O) groups is 1. The third-order valence-corrected chi connectivity index (χ3v) is 5.61. The van der Waals surface area contributed by atoms with Gasteiger partial charge in [-0.3, -0.25) is 9.78 Å². The second-order valence-electron chi connectivity index (χ2n) is 6.91. The van der Waals surface area contributed by atoms with Crippen molar-refractivity contribution in [1.82, 2.24) is 4.98 Å². The number of ether oxygens (including phenoxy) is 1. The molecule has 120 valence electrons. The van der Waals surface area contributed by atoms with E-state index in [0.29, 0.717) is 11.8 Å². The summed E-state index contributed by atoms with van der Waals surface area (Å²) in [5.41, 5.74) is 7.78. The summed E-state index contributed by atoms with van der Waals surface area (Å²) >= 11 is 0. The van der Waals surface area contributed by atoms with Gasteiger partial charge in [0.2, 0.25) is 5.91 Å². The zero-order valence-corrected chi connectivity index (χ0v) is 13.2. The number of hydrogen-bond acceptors (Lipinski definition) is 3. The van der Waals surface area contributed by atoms with Crippen LogP contribution in [0.15, 0.2) is 30.5 Å². The molecule has 1 aliphatic carbocycles. The Kier molecular flexibility index (Phi) is 3.68. The van der Waals surface area contributed by atoms with Crippen LogP contribution in [0.25, 0.3) is 10.9 Å². The molecule has 4 rings (SSSR count). The Balaban J connectivity index is 1.55. The minimum Gasteiger partial charge on any atom is -0.491 e. The van der Waals surface area contributed by atoms with E-state index < -0.39 is 0 Å². The van der Waals surface area contributed by atoms with Gasteiger partial charge in [0, 0.05) is 16.9 Å². The van der Waals surface area contributed by atoms with Crippen LogP contribution >= 0.6 is 0 Å². The fourth-order valence-corrected chi connectivity index (χ4v) is 4.21. The lowest BCUT2D eigenvalue weighted by molar-refractivity contribution is -0.123. The third kappa shape index (κ3) is 2.67. The van der Waals surface area contributed by atoms with E-state index in [-0.39, 0.29) is 11.8 Å². The van der Waals surface area contributed by atoms with E-state index in [1.165, 1.54) is 10.9 Å². The summed E-state index contributed by atoms with van der Waals surface area (Å²) in [4.78, 5) is 15.8. The topological polar surface area (TPSA) is 65.2 Å². The van der Waals surface area contributed by atoms with Crippen LogP contribution < -0.4 is 10.5 Å². The summed E-state index contributed by atoms with van der Waals surface area (Å²) in [7, 11) is 0. The molecule has 2 aliphatic rings. The molecule has 0 bridgehead atoms. The molecule has 2 heterocycles. The minimum atomic E-state index is -0.134. The van der Waals surface area contributed by atoms with Crippen LogP contribution in [0.5, 0.6) is 5.75 Å². The van der Waals surface area contributed by atoms with Crippen molar-refractivity contribution in [2.45, 2.75) is 32.1 Å². The zero-order valence-electron chi connectivity index (χ0n) is 13.2. The average molecular weight is 310 g/mol. The Morgan fingerprint density at radius 3 is 2.70 bits per heavy atom. The van der Waals surface area contributed by atoms with E-state index in [2.05, 4.69) is 23.2 Å². The molecule has 1 atom stereocenters. The van der Waals surface area contributed by atoms with E-state index in [4.69, 9.17) is 10.5 Å². The first-order valence-electron chi connectivity index (χ1n) is 8.51. The lowest BCUT2D eigenvalue weighted by atomic mass is 9.73. The number of amides is 1. The fourth-order valence-electron chi connectivity index (χ4n) is 4.21. The number of rotatable bonds is 2. The normalized spacial score (nSPS) is 27.2. The van der Waals surface area contributed by atoms with Crippen molar-refractivity contribution in [1.29, 1.82) is 0 Å². The Bertz CT molecular complexity index is 735. The van der Waals surface area contributed by atoms with Crippen molar-refractivity contribution in [3.8, 4) is 5.75 Å². The summed E-state index contributed by atoms with van der Waals surface area (Å²) in [5, 5.41) is 1.21. The highest BCUT2D eigenvalue weighted by Crippen LogP contribution is 2.40. The van der Waals surface area contributed by atoms with Crippen LogP contribution in [0, 0.1) is 17.8 Å². The van der Waals surface area contributed by atoms with Crippen molar-refractivity contribution in [3.05, 3.63) is 36.0 Å². The van der Waals surface area contributed by atoms with Gasteiger partial charge in [-0.1, -0.05) is 18.2 Å². The number of para-hydroxylation sites is 1. The number of fused-ring (bicyclic) bond motifs is 3. The second-order valence-corrected chi connectivity index (χ2v) is 6.91. The third-order valence-electron chi connectivity index (χ3n) is 5.61. The van der Waals surface area contributed by atoms with Gasteiger partial charge in [-0.2, -0.15) is 0 Å². The SMILES string of the molecule is NC(=O)C1CCC(C2COc3cnc4ccccc4c3C2)CC1. The van der Waals surface area contributed by atoms with Crippen LogP contribution in [-0.2, 0) is 11.2 Å². The van der Waals surface area contributed by atoms with Gasteiger partial charge < -0.3 is 10.5 Å². The molecule has 2 N–H and O–H groups in total.